The molecule has 0 spiro atoms. The highest BCUT2D eigenvalue weighted by atomic mass is 32.1. The fraction of sp³-hybridized carbons (Fsp3) is 0.250. The summed E-state index contributed by atoms with van der Waals surface area (Å²) < 4.78 is 0. The molecule has 1 amide bonds. The molecular formula is C20H21N3OS. The van der Waals surface area contributed by atoms with E-state index in [1.165, 1.54) is 16.9 Å². The Hall–Kier alpha value is -2.53. The number of nitrogens with one attached hydrogen (secondary N) is 1. The Balaban J connectivity index is 1.59. The molecule has 1 aromatic carbocycles. The molecule has 5 heteroatoms. The number of nitrogens with zero attached hydrogens (tertiary/aromatic N) is 2. The van der Waals surface area contributed by atoms with Gasteiger partial charge in [-0.1, -0.05) is 44.2 Å². The molecule has 4 nitrogen and oxygen atoms in total. The van der Waals surface area contributed by atoms with E-state index in [0.717, 1.165) is 16.3 Å². The standard InChI is InChI=1S/C20H21N3OS/c1-14(2)15-6-8-16(9-7-15)20-23-18(13-25-20)19(24)22-12-10-17-5-3-4-11-21-17/h3-9,11,13-14H,10,12H2,1-2H3,(H,22,24). The van der Waals surface area contributed by atoms with Crippen molar-refractivity contribution in [3.05, 3.63) is 71.0 Å². The van der Waals surface area contributed by atoms with E-state index >= 15 is 0 Å². The van der Waals surface area contributed by atoms with Crippen molar-refractivity contribution in [2.75, 3.05) is 6.54 Å². The molecule has 0 aliphatic rings. The largest absolute Gasteiger partial charge is 0.350 e. The number of thiazole rings is 1. The van der Waals surface area contributed by atoms with Crippen molar-refractivity contribution in [2.45, 2.75) is 26.2 Å². The van der Waals surface area contributed by atoms with Crippen LogP contribution in [-0.2, 0) is 6.42 Å². The van der Waals surface area contributed by atoms with Gasteiger partial charge < -0.3 is 5.32 Å². The first-order chi connectivity index (χ1) is 12.1. The van der Waals surface area contributed by atoms with Gasteiger partial charge in [0, 0.05) is 35.8 Å². The van der Waals surface area contributed by atoms with Crippen molar-refractivity contribution in [1.82, 2.24) is 15.3 Å². The van der Waals surface area contributed by atoms with Crippen molar-refractivity contribution >= 4 is 17.2 Å². The summed E-state index contributed by atoms with van der Waals surface area (Å²) in [6, 6.07) is 14.2. The molecular weight excluding hydrogens is 330 g/mol. The lowest BCUT2D eigenvalue weighted by Gasteiger charge is -2.05. The zero-order chi connectivity index (χ0) is 17.6. The molecule has 2 aromatic heterocycles. The third kappa shape index (κ3) is 4.51. The number of carbonyl (C=O) groups excluding carboxylic acids is 1. The minimum Gasteiger partial charge on any atom is -0.350 e. The van der Waals surface area contributed by atoms with E-state index in [0.29, 0.717) is 24.6 Å². The lowest BCUT2D eigenvalue weighted by atomic mass is 10.0. The molecule has 3 aromatic rings. The van der Waals surface area contributed by atoms with Crippen molar-refractivity contribution in [3.63, 3.8) is 0 Å². The molecule has 128 valence electrons. The Kier molecular flexibility index (Phi) is 5.56. The summed E-state index contributed by atoms with van der Waals surface area (Å²) in [5, 5.41) is 5.57. The number of amides is 1. The number of aromatic nitrogens is 2. The number of pyridine rings is 1. The highest BCUT2D eigenvalue weighted by molar-refractivity contribution is 7.13. The number of carbonyl (C=O) groups is 1. The SMILES string of the molecule is CC(C)c1ccc(-c2nc(C(=O)NCCc3ccccn3)cs2)cc1. The molecule has 3 rings (SSSR count). The quantitative estimate of drug-likeness (QED) is 0.720. The summed E-state index contributed by atoms with van der Waals surface area (Å²) >= 11 is 1.49. The van der Waals surface area contributed by atoms with Crippen molar-refractivity contribution in [2.24, 2.45) is 0 Å². The van der Waals surface area contributed by atoms with Crippen LogP contribution in [0.2, 0.25) is 0 Å². The third-order valence-corrected chi connectivity index (χ3v) is 4.85. The average molecular weight is 351 g/mol. The summed E-state index contributed by atoms with van der Waals surface area (Å²) in [5.41, 5.74) is 3.77. The van der Waals surface area contributed by atoms with Gasteiger partial charge in [-0.25, -0.2) is 4.98 Å². The fourth-order valence-electron chi connectivity index (χ4n) is 2.46. The monoisotopic (exact) mass is 351 g/mol. The predicted octanol–water partition coefficient (Wildman–Crippen LogP) is 4.30. The average Bonchev–Trinajstić information content (AvgIpc) is 3.13. The molecule has 0 bridgehead atoms. The first kappa shape index (κ1) is 17.3. The third-order valence-electron chi connectivity index (χ3n) is 3.95. The lowest BCUT2D eigenvalue weighted by molar-refractivity contribution is 0.0950. The first-order valence-corrected chi connectivity index (χ1v) is 9.25. The molecule has 0 unspecified atom stereocenters. The van der Waals surface area contributed by atoms with Gasteiger partial charge in [-0.05, 0) is 23.6 Å². The Morgan fingerprint density at radius 1 is 1.16 bits per heavy atom. The van der Waals surface area contributed by atoms with E-state index < -0.39 is 0 Å². The molecule has 0 radical (unpaired) electrons. The highest BCUT2D eigenvalue weighted by Gasteiger charge is 2.12. The molecule has 0 saturated heterocycles. The molecule has 0 atom stereocenters. The Morgan fingerprint density at radius 2 is 1.96 bits per heavy atom. The van der Waals surface area contributed by atoms with Crippen molar-refractivity contribution in [3.8, 4) is 10.6 Å². The normalized spacial score (nSPS) is 10.8. The smallest absolute Gasteiger partial charge is 0.270 e. The second-order valence-electron chi connectivity index (χ2n) is 6.14. The van der Waals surface area contributed by atoms with Crippen LogP contribution >= 0.6 is 11.3 Å². The number of hydrogen-bond acceptors (Lipinski definition) is 4. The number of rotatable bonds is 6. The maximum atomic E-state index is 12.2. The summed E-state index contributed by atoms with van der Waals surface area (Å²) in [4.78, 5) is 21.0. The minimum atomic E-state index is -0.141. The Morgan fingerprint density at radius 3 is 2.64 bits per heavy atom. The summed E-state index contributed by atoms with van der Waals surface area (Å²) in [6.45, 7) is 4.89. The van der Waals surface area contributed by atoms with Gasteiger partial charge in [0.05, 0.1) is 0 Å². The van der Waals surface area contributed by atoms with Crippen LogP contribution in [-0.4, -0.2) is 22.4 Å². The van der Waals surface area contributed by atoms with Crippen LogP contribution < -0.4 is 5.32 Å². The fourth-order valence-corrected chi connectivity index (χ4v) is 3.27. The maximum Gasteiger partial charge on any atom is 0.270 e. The Labute approximate surface area is 152 Å². The zero-order valence-corrected chi connectivity index (χ0v) is 15.2. The molecule has 0 fully saturated rings. The van der Waals surface area contributed by atoms with Gasteiger partial charge in [0.25, 0.3) is 5.91 Å². The molecule has 25 heavy (non-hydrogen) atoms. The van der Waals surface area contributed by atoms with Gasteiger partial charge in [-0.3, -0.25) is 9.78 Å². The molecule has 0 aliphatic heterocycles. The second kappa shape index (κ2) is 8.03. The topological polar surface area (TPSA) is 54.9 Å². The van der Waals surface area contributed by atoms with Crippen LogP contribution in [0.15, 0.2) is 54.0 Å². The number of benzene rings is 1. The second-order valence-corrected chi connectivity index (χ2v) is 7.00. The zero-order valence-electron chi connectivity index (χ0n) is 14.4. The van der Waals surface area contributed by atoms with Gasteiger partial charge in [-0.2, -0.15) is 0 Å². The Bertz CT molecular complexity index is 826. The van der Waals surface area contributed by atoms with Gasteiger partial charge in [0.2, 0.25) is 0 Å². The summed E-state index contributed by atoms with van der Waals surface area (Å²) in [5.74, 6) is 0.364. The lowest BCUT2D eigenvalue weighted by Crippen LogP contribution is -2.26. The van der Waals surface area contributed by atoms with Crippen LogP contribution in [0.5, 0.6) is 0 Å². The van der Waals surface area contributed by atoms with E-state index in [2.05, 4.69) is 53.4 Å². The molecule has 0 saturated carbocycles. The van der Waals surface area contributed by atoms with E-state index in [4.69, 9.17) is 0 Å². The van der Waals surface area contributed by atoms with Gasteiger partial charge in [0.15, 0.2) is 0 Å². The van der Waals surface area contributed by atoms with Crippen LogP contribution in [0, 0.1) is 0 Å². The summed E-state index contributed by atoms with van der Waals surface area (Å²) in [6.07, 6.45) is 2.47. The minimum absolute atomic E-state index is 0.141. The molecule has 1 N–H and O–H groups in total. The van der Waals surface area contributed by atoms with Crippen molar-refractivity contribution in [1.29, 1.82) is 0 Å². The van der Waals surface area contributed by atoms with Gasteiger partial charge >= 0.3 is 0 Å². The van der Waals surface area contributed by atoms with Crippen LogP contribution in [0.1, 0.15) is 41.5 Å². The van der Waals surface area contributed by atoms with Crippen LogP contribution in [0.25, 0.3) is 10.6 Å². The van der Waals surface area contributed by atoms with E-state index in [1.54, 1.807) is 6.20 Å². The van der Waals surface area contributed by atoms with E-state index in [9.17, 15) is 4.79 Å². The molecule has 0 aliphatic carbocycles. The van der Waals surface area contributed by atoms with Crippen molar-refractivity contribution < 1.29 is 4.79 Å². The highest BCUT2D eigenvalue weighted by Crippen LogP contribution is 2.25. The maximum absolute atomic E-state index is 12.2. The van der Waals surface area contributed by atoms with Crippen LogP contribution in [0.3, 0.4) is 0 Å². The summed E-state index contributed by atoms with van der Waals surface area (Å²) in [7, 11) is 0. The molecule has 2 heterocycles. The van der Waals surface area contributed by atoms with Crippen LogP contribution in [0.4, 0.5) is 0 Å². The van der Waals surface area contributed by atoms with E-state index in [-0.39, 0.29) is 5.91 Å². The van der Waals surface area contributed by atoms with Gasteiger partial charge in [0.1, 0.15) is 10.7 Å². The first-order valence-electron chi connectivity index (χ1n) is 8.37. The van der Waals surface area contributed by atoms with E-state index in [1.807, 2.05) is 23.6 Å². The van der Waals surface area contributed by atoms with Gasteiger partial charge in [-0.15, -0.1) is 11.3 Å². The predicted molar refractivity (Wildman–Crippen MR) is 102 cm³/mol. The number of hydrogen-bond donors (Lipinski definition) is 1.